The van der Waals surface area contributed by atoms with E-state index in [-0.39, 0.29) is 19.4 Å². The van der Waals surface area contributed by atoms with Gasteiger partial charge in [-0.2, -0.15) is 0 Å². The zero-order valence-corrected chi connectivity index (χ0v) is 32.0. The Kier molecular flexibility index (Phi) is 34.4. The summed E-state index contributed by atoms with van der Waals surface area (Å²) in [4.78, 5) is 42.7. The fraction of sp³-hybridized carbons (Fsp3) is 0.750. The van der Waals surface area contributed by atoms with Crippen molar-refractivity contribution in [3.05, 3.63) is 48.6 Å². The van der Waals surface area contributed by atoms with E-state index in [4.69, 9.17) is 19.3 Å². The molecule has 0 amide bonds. The minimum atomic E-state index is -4.76. The lowest BCUT2D eigenvalue weighted by Gasteiger charge is -2.18. The first-order chi connectivity index (χ1) is 23.8. The third kappa shape index (κ3) is 38.7. The van der Waals surface area contributed by atoms with Gasteiger partial charge < -0.3 is 19.3 Å². The van der Waals surface area contributed by atoms with Gasteiger partial charge in [0.25, 0.3) is 0 Å². The van der Waals surface area contributed by atoms with Crippen LogP contribution >= 0.6 is 7.82 Å². The fourth-order valence-corrected chi connectivity index (χ4v) is 5.61. The molecule has 0 spiro atoms. The van der Waals surface area contributed by atoms with Crippen LogP contribution in [-0.2, 0) is 28.2 Å². The maximum absolute atomic E-state index is 12.4. The monoisotopic (exact) mass is 710 g/mol. The molecule has 0 aliphatic heterocycles. The number of esters is 2. The molecule has 49 heavy (non-hydrogen) atoms. The lowest BCUT2D eigenvalue weighted by Crippen LogP contribution is -2.29. The highest BCUT2D eigenvalue weighted by Crippen LogP contribution is 2.36. The molecule has 0 aromatic carbocycles. The molecule has 0 aromatic rings. The lowest BCUT2D eigenvalue weighted by atomic mass is 10.0. The smallest absolute Gasteiger partial charge is 0.462 e. The molecule has 0 aliphatic rings. The minimum Gasteiger partial charge on any atom is -0.462 e. The molecule has 0 bridgehead atoms. The van der Waals surface area contributed by atoms with Crippen molar-refractivity contribution in [2.24, 2.45) is 0 Å². The topological polar surface area (TPSA) is 119 Å². The average Bonchev–Trinajstić information content (AvgIpc) is 3.07. The summed E-state index contributed by atoms with van der Waals surface area (Å²) in [5, 5.41) is 0. The molecule has 0 radical (unpaired) electrons. The summed E-state index contributed by atoms with van der Waals surface area (Å²) < 4.78 is 26.3. The Morgan fingerprint density at radius 2 is 0.980 bits per heavy atom. The Bertz CT molecular complexity index is 937. The minimum absolute atomic E-state index is 0.204. The molecule has 284 valence electrons. The Morgan fingerprint density at radius 1 is 0.551 bits per heavy atom. The first-order valence-corrected chi connectivity index (χ1v) is 21.0. The molecular weight excluding hydrogens is 639 g/mol. The van der Waals surface area contributed by atoms with Gasteiger partial charge in [0.1, 0.15) is 6.61 Å². The Labute approximate surface area is 299 Å². The molecule has 0 heterocycles. The Balaban J connectivity index is 4.01. The number of ether oxygens (including phenoxy) is 2. The molecule has 0 aliphatic carbocycles. The van der Waals surface area contributed by atoms with Gasteiger partial charge in [0.2, 0.25) is 0 Å². The Morgan fingerprint density at radius 3 is 1.47 bits per heavy atom. The van der Waals surface area contributed by atoms with Crippen LogP contribution in [0.5, 0.6) is 0 Å². The van der Waals surface area contributed by atoms with Crippen LogP contribution < -0.4 is 0 Å². The highest BCUT2D eigenvalue weighted by molar-refractivity contribution is 7.46. The van der Waals surface area contributed by atoms with E-state index in [1.165, 1.54) is 77.0 Å². The molecule has 0 aromatic heterocycles. The van der Waals surface area contributed by atoms with Gasteiger partial charge in [0.15, 0.2) is 6.10 Å². The number of unbranched alkanes of at least 4 members (excludes halogenated alkanes) is 17. The number of allylic oxidation sites excluding steroid dienone is 8. The van der Waals surface area contributed by atoms with E-state index < -0.39 is 32.5 Å². The van der Waals surface area contributed by atoms with Crippen molar-refractivity contribution in [1.29, 1.82) is 0 Å². The molecule has 0 unspecified atom stereocenters. The van der Waals surface area contributed by atoms with Crippen LogP contribution in [0.25, 0.3) is 0 Å². The van der Waals surface area contributed by atoms with Crippen LogP contribution in [0.4, 0.5) is 0 Å². The van der Waals surface area contributed by atoms with Crippen molar-refractivity contribution in [1.82, 2.24) is 0 Å². The van der Waals surface area contributed by atoms with Crippen LogP contribution in [0.2, 0.25) is 0 Å². The molecule has 0 rings (SSSR count). The highest BCUT2D eigenvalue weighted by atomic mass is 31.2. The third-order valence-electron chi connectivity index (χ3n) is 8.11. The van der Waals surface area contributed by atoms with Crippen molar-refractivity contribution >= 4 is 19.8 Å². The predicted molar refractivity (Wildman–Crippen MR) is 202 cm³/mol. The van der Waals surface area contributed by atoms with E-state index in [0.29, 0.717) is 12.8 Å². The molecular formula is C40H71O8P. The summed E-state index contributed by atoms with van der Waals surface area (Å²) in [5.74, 6) is -0.932. The van der Waals surface area contributed by atoms with Gasteiger partial charge in [-0.3, -0.25) is 14.1 Å². The second-order valence-corrected chi connectivity index (χ2v) is 14.1. The van der Waals surface area contributed by atoms with E-state index in [2.05, 4.69) is 67.0 Å². The maximum atomic E-state index is 12.4. The normalized spacial score (nSPS) is 13.0. The first kappa shape index (κ1) is 47.0. The molecule has 9 heteroatoms. The summed E-state index contributed by atoms with van der Waals surface area (Å²) in [5.41, 5.74) is 0. The largest absolute Gasteiger partial charge is 0.469 e. The van der Waals surface area contributed by atoms with Gasteiger partial charge >= 0.3 is 19.8 Å². The third-order valence-corrected chi connectivity index (χ3v) is 8.60. The van der Waals surface area contributed by atoms with E-state index >= 15 is 0 Å². The number of hydrogen-bond acceptors (Lipinski definition) is 6. The average molecular weight is 711 g/mol. The van der Waals surface area contributed by atoms with Gasteiger partial charge in [-0.05, 0) is 51.4 Å². The summed E-state index contributed by atoms with van der Waals surface area (Å²) in [6.07, 6.45) is 42.6. The predicted octanol–water partition coefficient (Wildman–Crippen LogP) is 11.6. The number of phosphoric ester groups is 1. The number of hydrogen-bond donors (Lipinski definition) is 2. The van der Waals surface area contributed by atoms with Crippen molar-refractivity contribution in [3.8, 4) is 0 Å². The second-order valence-electron chi connectivity index (χ2n) is 12.9. The Hall–Kier alpha value is -1.99. The van der Waals surface area contributed by atoms with Crippen LogP contribution in [0, 0.1) is 0 Å². The zero-order valence-electron chi connectivity index (χ0n) is 31.1. The van der Waals surface area contributed by atoms with Gasteiger partial charge in [0.05, 0.1) is 6.61 Å². The first-order valence-electron chi connectivity index (χ1n) is 19.4. The van der Waals surface area contributed by atoms with Crippen LogP contribution in [0.3, 0.4) is 0 Å². The van der Waals surface area contributed by atoms with Gasteiger partial charge in [-0.25, -0.2) is 4.57 Å². The highest BCUT2D eigenvalue weighted by Gasteiger charge is 2.22. The quantitative estimate of drug-likeness (QED) is 0.0289. The molecule has 0 saturated heterocycles. The molecule has 0 fully saturated rings. The van der Waals surface area contributed by atoms with Gasteiger partial charge in [-0.15, -0.1) is 0 Å². The zero-order chi connectivity index (χ0) is 36.1. The fourth-order valence-electron chi connectivity index (χ4n) is 5.25. The number of phosphoric acid groups is 1. The van der Waals surface area contributed by atoms with Crippen molar-refractivity contribution in [2.45, 2.75) is 180 Å². The van der Waals surface area contributed by atoms with E-state index in [0.717, 1.165) is 57.8 Å². The summed E-state index contributed by atoms with van der Waals surface area (Å²) in [6, 6.07) is 0. The van der Waals surface area contributed by atoms with E-state index in [1.807, 2.05) is 0 Å². The maximum Gasteiger partial charge on any atom is 0.469 e. The number of carbonyl (C=O) groups excluding carboxylic acids is 2. The number of carbonyl (C=O) groups is 2. The van der Waals surface area contributed by atoms with Gasteiger partial charge in [0, 0.05) is 12.8 Å². The molecule has 0 saturated carbocycles. The SMILES string of the molecule is CC/C=C/C/C=C/C/C=C/C/C=C/CCCCC(=O)OC[C@H](COP(=O)(O)O)OC(=O)CCCCCCCCCCCCCCCCCC. The molecule has 8 nitrogen and oxygen atoms in total. The van der Waals surface area contributed by atoms with Crippen molar-refractivity contribution in [3.63, 3.8) is 0 Å². The standard InChI is InChI=1S/C40H71O8P/c1-3-5-7-9-11-13-15-17-19-21-23-25-27-29-31-33-35-40(42)48-38(37-47-49(43,44)45)36-46-39(41)34-32-30-28-26-24-22-20-18-16-14-12-10-8-6-4-2/h6,8,12,14,18,20,24,26,38H,3-5,7,9-11,13,15-17,19,21-23,25,27-37H2,1-2H3,(H2,43,44,45)/b8-6+,14-12+,20-18+,26-24+/t38-/m1/s1. The van der Waals surface area contributed by atoms with Crippen LogP contribution in [-0.4, -0.2) is 41.0 Å². The van der Waals surface area contributed by atoms with Gasteiger partial charge in [-0.1, -0.05) is 159 Å². The molecule has 2 N–H and O–H groups in total. The van der Waals surface area contributed by atoms with Crippen molar-refractivity contribution in [2.75, 3.05) is 13.2 Å². The van der Waals surface area contributed by atoms with E-state index in [1.54, 1.807) is 0 Å². The summed E-state index contributed by atoms with van der Waals surface area (Å²) in [7, 11) is -4.76. The lowest BCUT2D eigenvalue weighted by molar-refractivity contribution is -0.161. The second kappa shape index (κ2) is 35.8. The van der Waals surface area contributed by atoms with Crippen LogP contribution in [0.15, 0.2) is 48.6 Å². The summed E-state index contributed by atoms with van der Waals surface area (Å²) >= 11 is 0. The van der Waals surface area contributed by atoms with E-state index in [9.17, 15) is 14.2 Å². The molecule has 1 atom stereocenters. The summed E-state index contributed by atoms with van der Waals surface area (Å²) in [6.45, 7) is 3.53. The van der Waals surface area contributed by atoms with Crippen molar-refractivity contribution < 1.29 is 37.9 Å². The van der Waals surface area contributed by atoms with Crippen LogP contribution in [0.1, 0.15) is 174 Å². The number of rotatable bonds is 35.